The van der Waals surface area contributed by atoms with Crippen molar-refractivity contribution in [2.75, 3.05) is 25.1 Å². The summed E-state index contributed by atoms with van der Waals surface area (Å²) in [6.45, 7) is 0.282. The Hall–Kier alpha value is -1.06. The van der Waals surface area contributed by atoms with Crippen LogP contribution in [0.2, 0.25) is 0 Å². The zero-order chi connectivity index (χ0) is 11.5. The molecule has 1 unspecified atom stereocenters. The van der Waals surface area contributed by atoms with Crippen LogP contribution in [0, 0.1) is 0 Å². The molecule has 0 radical (unpaired) electrons. The lowest BCUT2D eigenvalue weighted by Crippen LogP contribution is -2.31. The van der Waals surface area contributed by atoms with E-state index in [1.807, 2.05) is 11.9 Å². The number of hydrogen-bond acceptors (Lipinski definition) is 3. The minimum absolute atomic E-state index is 0.185. The molecule has 1 aromatic carbocycles. The maximum Gasteiger partial charge on any atom is 0.0945 e. The predicted molar refractivity (Wildman–Crippen MR) is 64.8 cm³/mol. The van der Waals surface area contributed by atoms with Gasteiger partial charge in [0.1, 0.15) is 0 Å². The third-order valence-corrected chi connectivity index (χ3v) is 3.22. The van der Waals surface area contributed by atoms with Crippen LogP contribution in [0.5, 0.6) is 0 Å². The lowest BCUT2D eigenvalue weighted by molar-refractivity contribution is 0.101. The van der Waals surface area contributed by atoms with Crippen LogP contribution >= 0.6 is 0 Å². The highest BCUT2D eigenvalue weighted by molar-refractivity contribution is 5.51. The fourth-order valence-corrected chi connectivity index (χ4v) is 2.27. The summed E-state index contributed by atoms with van der Waals surface area (Å²) < 4.78 is 0. The standard InChI is InChI=1S/C13H19NO2/c1-14(8-13(16)9-15)12-6-5-10-3-2-4-11(10)7-12/h5-7,13,15-16H,2-4,8-9H2,1H3. The molecule has 16 heavy (non-hydrogen) atoms. The Labute approximate surface area is 96.3 Å². The largest absolute Gasteiger partial charge is 0.394 e. The van der Waals surface area contributed by atoms with E-state index in [1.165, 1.54) is 30.4 Å². The van der Waals surface area contributed by atoms with Crippen LogP contribution in [0.4, 0.5) is 5.69 Å². The van der Waals surface area contributed by atoms with Gasteiger partial charge in [-0.3, -0.25) is 0 Å². The van der Waals surface area contributed by atoms with Gasteiger partial charge in [-0.2, -0.15) is 0 Å². The molecule has 3 nitrogen and oxygen atoms in total. The number of likely N-dealkylation sites (N-methyl/N-ethyl adjacent to an activating group) is 1. The first-order valence-corrected chi connectivity index (χ1v) is 5.82. The molecule has 1 aromatic rings. The molecule has 3 heteroatoms. The van der Waals surface area contributed by atoms with Crippen LogP contribution in [0.3, 0.4) is 0 Å². The number of aryl methyl sites for hydroxylation is 2. The molecule has 0 bridgehead atoms. The number of nitrogens with zero attached hydrogens (tertiary/aromatic N) is 1. The molecule has 0 saturated heterocycles. The second-order valence-electron chi connectivity index (χ2n) is 4.52. The molecule has 0 aliphatic heterocycles. The minimum Gasteiger partial charge on any atom is -0.394 e. The molecule has 2 N–H and O–H groups in total. The average Bonchev–Trinajstić information content (AvgIpc) is 2.75. The van der Waals surface area contributed by atoms with Crippen molar-refractivity contribution in [1.82, 2.24) is 0 Å². The van der Waals surface area contributed by atoms with Gasteiger partial charge in [0.2, 0.25) is 0 Å². The van der Waals surface area contributed by atoms with E-state index in [0.717, 1.165) is 5.69 Å². The van der Waals surface area contributed by atoms with Gasteiger partial charge >= 0.3 is 0 Å². The van der Waals surface area contributed by atoms with Gasteiger partial charge in [0.25, 0.3) is 0 Å². The second-order valence-corrected chi connectivity index (χ2v) is 4.52. The van der Waals surface area contributed by atoms with E-state index in [4.69, 9.17) is 5.11 Å². The Morgan fingerprint density at radius 3 is 2.81 bits per heavy atom. The van der Waals surface area contributed by atoms with Crippen molar-refractivity contribution in [1.29, 1.82) is 0 Å². The fraction of sp³-hybridized carbons (Fsp3) is 0.538. The van der Waals surface area contributed by atoms with Crippen molar-refractivity contribution < 1.29 is 10.2 Å². The number of aliphatic hydroxyl groups is 2. The first kappa shape index (κ1) is 11.4. The van der Waals surface area contributed by atoms with Gasteiger partial charge in [0.15, 0.2) is 0 Å². The molecular weight excluding hydrogens is 202 g/mol. The summed E-state index contributed by atoms with van der Waals surface area (Å²) in [6.07, 6.45) is 2.94. The van der Waals surface area contributed by atoms with Gasteiger partial charge in [-0.05, 0) is 42.5 Å². The lowest BCUT2D eigenvalue weighted by Gasteiger charge is -2.22. The Morgan fingerprint density at radius 1 is 1.31 bits per heavy atom. The smallest absolute Gasteiger partial charge is 0.0945 e. The van der Waals surface area contributed by atoms with Crippen LogP contribution in [0.15, 0.2) is 18.2 Å². The molecule has 1 aliphatic rings. The van der Waals surface area contributed by atoms with Crippen LogP contribution in [0.25, 0.3) is 0 Å². The SMILES string of the molecule is CN(CC(O)CO)c1ccc2c(c1)CCC2. The van der Waals surface area contributed by atoms with Crippen molar-refractivity contribution in [2.24, 2.45) is 0 Å². The molecule has 0 aromatic heterocycles. The van der Waals surface area contributed by atoms with Crippen molar-refractivity contribution >= 4 is 5.69 Å². The summed E-state index contributed by atoms with van der Waals surface area (Å²) in [5.41, 5.74) is 4.01. The number of hydrogen-bond donors (Lipinski definition) is 2. The number of aliphatic hydroxyl groups excluding tert-OH is 2. The second kappa shape index (κ2) is 4.85. The highest BCUT2D eigenvalue weighted by Crippen LogP contribution is 2.26. The van der Waals surface area contributed by atoms with E-state index in [9.17, 15) is 5.11 Å². The number of anilines is 1. The molecule has 88 valence electrons. The van der Waals surface area contributed by atoms with Crippen LogP contribution < -0.4 is 4.90 Å². The summed E-state index contributed by atoms with van der Waals surface area (Å²) >= 11 is 0. The normalized spacial score (nSPS) is 15.9. The Balaban J connectivity index is 2.09. The minimum atomic E-state index is -0.668. The third-order valence-electron chi connectivity index (χ3n) is 3.22. The van der Waals surface area contributed by atoms with Gasteiger partial charge < -0.3 is 15.1 Å². The predicted octanol–water partition coefficient (Wildman–Crippen LogP) is 0.965. The number of rotatable bonds is 4. The van der Waals surface area contributed by atoms with Gasteiger partial charge in [-0.15, -0.1) is 0 Å². The van der Waals surface area contributed by atoms with E-state index in [2.05, 4.69) is 18.2 Å². The van der Waals surface area contributed by atoms with E-state index in [-0.39, 0.29) is 6.61 Å². The van der Waals surface area contributed by atoms with Crippen molar-refractivity contribution in [3.05, 3.63) is 29.3 Å². The molecular formula is C13H19NO2. The average molecular weight is 221 g/mol. The van der Waals surface area contributed by atoms with Crippen LogP contribution in [-0.2, 0) is 12.8 Å². The third kappa shape index (κ3) is 2.36. The maximum absolute atomic E-state index is 9.39. The molecule has 0 spiro atoms. The Kier molecular flexibility index (Phi) is 3.46. The highest BCUT2D eigenvalue weighted by Gasteiger charge is 2.13. The van der Waals surface area contributed by atoms with Gasteiger partial charge in [0.05, 0.1) is 12.7 Å². The van der Waals surface area contributed by atoms with E-state index in [1.54, 1.807) is 0 Å². The molecule has 0 saturated carbocycles. The van der Waals surface area contributed by atoms with Gasteiger partial charge in [0, 0.05) is 19.3 Å². The van der Waals surface area contributed by atoms with Crippen molar-refractivity contribution in [3.8, 4) is 0 Å². The lowest BCUT2D eigenvalue weighted by atomic mass is 10.1. The topological polar surface area (TPSA) is 43.7 Å². The van der Waals surface area contributed by atoms with Crippen molar-refractivity contribution in [2.45, 2.75) is 25.4 Å². The van der Waals surface area contributed by atoms with E-state index >= 15 is 0 Å². The first-order valence-electron chi connectivity index (χ1n) is 5.82. The summed E-state index contributed by atoms with van der Waals surface area (Å²) in [4.78, 5) is 1.99. The quantitative estimate of drug-likeness (QED) is 0.796. The highest BCUT2D eigenvalue weighted by atomic mass is 16.3. The molecule has 1 aliphatic carbocycles. The molecule has 0 fully saturated rings. The van der Waals surface area contributed by atoms with Crippen LogP contribution in [0.1, 0.15) is 17.5 Å². The first-order chi connectivity index (χ1) is 7.70. The van der Waals surface area contributed by atoms with Crippen molar-refractivity contribution in [3.63, 3.8) is 0 Å². The zero-order valence-corrected chi connectivity index (χ0v) is 9.69. The van der Waals surface area contributed by atoms with E-state index in [0.29, 0.717) is 6.54 Å². The molecule has 0 amide bonds. The maximum atomic E-state index is 9.39. The summed E-state index contributed by atoms with van der Waals surface area (Å²) in [7, 11) is 1.94. The van der Waals surface area contributed by atoms with Gasteiger partial charge in [-0.25, -0.2) is 0 Å². The summed E-state index contributed by atoms with van der Waals surface area (Å²) in [5, 5.41) is 18.2. The van der Waals surface area contributed by atoms with Gasteiger partial charge in [-0.1, -0.05) is 6.07 Å². The fourth-order valence-electron chi connectivity index (χ4n) is 2.27. The molecule has 0 heterocycles. The zero-order valence-electron chi connectivity index (χ0n) is 9.69. The summed E-state index contributed by atoms with van der Waals surface area (Å²) in [5.74, 6) is 0. The molecule has 1 atom stereocenters. The van der Waals surface area contributed by atoms with Crippen LogP contribution in [-0.4, -0.2) is 36.5 Å². The monoisotopic (exact) mass is 221 g/mol. The number of benzene rings is 1. The number of fused-ring (bicyclic) bond motifs is 1. The Morgan fingerprint density at radius 2 is 2.06 bits per heavy atom. The molecule has 2 rings (SSSR count). The Bertz CT molecular complexity index is 365. The van der Waals surface area contributed by atoms with E-state index < -0.39 is 6.10 Å². The summed E-state index contributed by atoms with van der Waals surface area (Å²) in [6, 6.07) is 6.47.